The van der Waals surface area contributed by atoms with Gasteiger partial charge in [0.1, 0.15) is 5.75 Å². The second-order valence-electron chi connectivity index (χ2n) is 4.75. The van der Waals surface area contributed by atoms with Crippen molar-refractivity contribution in [3.63, 3.8) is 0 Å². The molecule has 0 aliphatic carbocycles. The summed E-state index contributed by atoms with van der Waals surface area (Å²) >= 11 is 0. The lowest BCUT2D eigenvalue weighted by molar-refractivity contribution is 0.191. The summed E-state index contributed by atoms with van der Waals surface area (Å²) in [6.07, 6.45) is -0.323. The van der Waals surface area contributed by atoms with Gasteiger partial charge < -0.3 is 30.0 Å². The molecule has 0 saturated carbocycles. The molecule has 0 aliphatic heterocycles. The third kappa shape index (κ3) is 5.79. The number of benzene rings is 1. The van der Waals surface area contributed by atoms with E-state index in [9.17, 15) is 0 Å². The molecule has 0 fully saturated rings. The van der Waals surface area contributed by atoms with Gasteiger partial charge in [0, 0.05) is 37.8 Å². The quantitative estimate of drug-likeness (QED) is 0.554. The first-order chi connectivity index (χ1) is 10.1. The van der Waals surface area contributed by atoms with Gasteiger partial charge in [-0.3, -0.25) is 0 Å². The minimum atomic E-state index is -0.323. The number of aliphatic hydroxyl groups excluding tert-OH is 1. The highest BCUT2D eigenvalue weighted by Gasteiger charge is 2.11. The van der Waals surface area contributed by atoms with E-state index in [-0.39, 0.29) is 6.10 Å². The van der Waals surface area contributed by atoms with E-state index < -0.39 is 0 Å². The van der Waals surface area contributed by atoms with Gasteiger partial charge >= 0.3 is 0 Å². The van der Waals surface area contributed by atoms with E-state index in [0.717, 1.165) is 24.4 Å². The molecule has 21 heavy (non-hydrogen) atoms. The van der Waals surface area contributed by atoms with E-state index in [1.807, 2.05) is 12.1 Å². The van der Waals surface area contributed by atoms with Gasteiger partial charge in [-0.25, -0.2) is 0 Å². The maximum atomic E-state index is 9.14. The Morgan fingerprint density at radius 3 is 2.10 bits per heavy atom. The van der Waals surface area contributed by atoms with Gasteiger partial charge in [-0.2, -0.15) is 0 Å². The van der Waals surface area contributed by atoms with E-state index >= 15 is 0 Å². The number of methoxy groups -OCH3 is 3. The lowest BCUT2D eigenvalue weighted by atomic mass is 10.1. The topological polar surface area (TPSA) is 72.0 Å². The molecule has 0 amide bonds. The zero-order valence-electron chi connectivity index (χ0n) is 13.2. The van der Waals surface area contributed by atoms with Crippen molar-refractivity contribution < 1.29 is 19.3 Å². The Morgan fingerprint density at radius 2 is 1.52 bits per heavy atom. The predicted molar refractivity (Wildman–Crippen MR) is 82.4 cm³/mol. The van der Waals surface area contributed by atoms with Crippen LogP contribution in [0.1, 0.15) is 12.5 Å². The third-order valence-electron chi connectivity index (χ3n) is 3.02. The van der Waals surface area contributed by atoms with Crippen molar-refractivity contribution in [1.29, 1.82) is 0 Å². The SMILES string of the molecule is COc1cc(OC)c(OC)cc1CNCCNC[C@H](C)O. The Labute approximate surface area is 126 Å². The molecular formula is C15H26N2O4. The van der Waals surface area contributed by atoms with E-state index in [0.29, 0.717) is 24.6 Å². The van der Waals surface area contributed by atoms with Crippen LogP contribution in [0, 0.1) is 0 Å². The monoisotopic (exact) mass is 298 g/mol. The van der Waals surface area contributed by atoms with E-state index in [1.165, 1.54) is 0 Å². The number of nitrogens with one attached hydrogen (secondary N) is 2. The lowest BCUT2D eigenvalue weighted by Gasteiger charge is -2.14. The Morgan fingerprint density at radius 1 is 0.952 bits per heavy atom. The Kier molecular flexibility index (Phi) is 7.89. The second-order valence-corrected chi connectivity index (χ2v) is 4.75. The molecule has 0 saturated heterocycles. The van der Waals surface area contributed by atoms with E-state index in [4.69, 9.17) is 19.3 Å². The molecule has 0 aromatic heterocycles. The summed E-state index contributed by atoms with van der Waals surface area (Å²) in [6, 6.07) is 3.73. The average molecular weight is 298 g/mol. The van der Waals surface area contributed by atoms with Gasteiger partial charge in [0.2, 0.25) is 0 Å². The first-order valence-corrected chi connectivity index (χ1v) is 7.00. The van der Waals surface area contributed by atoms with E-state index in [1.54, 1.807) is 28.3 Å². The van der Waals surface area contributed by atoms with Gasteiger partial charge in [0.25, 0.3) is 0 Å². The fourth-order valence-electron chi connectivity index (χ4n) is 1.94. The molecule has 1 rings (SSSR count). The Hall–Kier alpha value is -1.50. The van der Waals surface area contributed by atoms with Crippen molar-refractivity contribution in [1.82, 2.24) is 10.6 Å². The van der Waals surface area contributed by atoms with Crippen molar-refractivity contribution in [2.24, 2.45) is 0 Å². The summed E-state index contributed by atoms with van der Waals surface area (Å²) in [6.45, 7) is 4.61. The van der Waals surface area contributed by atoms with Gasteiger partial charge in [0.15, 0.2) is 11.5 Å². The second kappa shape index (κ2) is 9.44. The number of hydrogen-bond donors (Lipinski definition) is 3. The molecule has 120 valence electrons. The highest BCUT2D eigenvalue weighted by molar-refractivity contribution is 5.50. The summed E-state index contributed by atoms with van der Waals surface area (Å²) in [5.41, 5.74) is 1.01. The van der Waals surface area contributed by atoms with Crippen molar-refractivity contribution in [2.45, 2.75) is 19.6 Å². The largest absolute Gasteiger partial charge is 0.496 e. The standard InChI is InChI=1S/C15H26N2O4/c1-11(18)9-16-5-6-17-10-12-7-14(20-3)15(21-4)8-13(12)19-2/h7-8,11,16-18H,5-6,9-10H2,1-4H3/t11-/m0/s1. The first-order valence-electron chi connectivity index (χ1n) is 7.00. The van der Waals surface area contributed by atoms with Crippen LogP contribution in [-0.2, 0) is 6.54 Å². The zero-order valence-corrected chi connectivity index (χ0v) is 13.2. The number of rotatable bonds is 10. The van der Waals surface area contributed by atoms with Crippen molar-refractivity contribution in [2.75, 3.05) is 41.0 Å². The zero-order chi connectivity index (χ0) is 15.7. The van der Waals surface area contributed by atoms with Crippen molar-refractivity contribution >= 4 is 0 Å². The number of hydrogen-bond acceptors (Lipinski definition) is 6. The molecular weight excluding hydrogens is 272 g/mol. The molecule has 3 N–H and O–H groups in total. The summed E-state index contributed by atoms with van der Waals surface area (Å²) in [4.78, 5) is 0. The van der Waals surface area contributed by atoms with Gasteiger partial charge in [-0.05, 0) is 13.0 Å². The van der Waals surface area contributed by atoms with Gasteiger partial charge in [0.05, 0.1) is 27.4 Å². The maximum absolute atomic E-state index is 9.14. The predicted octanol–water partition coefficient (Wildman–Crippen LogP) is 0.772. The summed E-state index contributed by atoms with van der Waals surface area (Å²) in [5.74, 6) is 2.09. The normalized spacial score (nSPS) is 12.0. The van der Waals surface area contributed by atoms with E-state index in [2.05, 4.69) is 10.6 Å². The van der Waals surface area contributed by atoms with Crippen LogP contribution in [-0.4, -0.2) is 52.2 Å². The van der Waals surface area contributed by atoms with Crippen LogP contribution in [0.15, 0.2) is 12.1 Å². The van der Waals surface area contributed by atoms with Crippen molar-refractivity contribution in [3.8, 4) is 17.2 Å². The molecule has 0 radical (unpaired) electrons. The number of aliphatic hydroxyl groups is 1. The molecule has 1 aromatic rings. The fourth-order valence-corrected chi connectivity index (χ4v) is 1.94. The Balaban J connectivity index is 2.53. The van der Waals surface area contributed by atoms with Gasteiger partial charge in [-0.1, -0.05) is 0 Å². The lowest BCUT2D eigenvalue weighted by Crippen LogP contribution is -2.31. The molecule has 6 nitrogen and oxygen atoms in total. The van der Waals surface area contributed by atoms with Crippen LogP contribution in [0.3, 0.4) is 0 Å². The first kappa shape index (κ1) is 17.6. The molecule has 0 heterocycles. The summed E-state index contributed by atoms with van der Waals surface area (Å²) in [5, 5.41) is 15.6. The van der Waals surface area contributed by atoms with Crippen LogP contribution in [0.2, 0.25) is 0 Å². The fraction of sp³-hybridized carbons (Fsp3) is 0.600. The summed E-state index contributed by atoms with van der Waals surface area (Å²) < 4.78 is 15.9. The molecule has 0 bridgehead atoms. The van der Waals surface area contributed by atoms with Crippen LogP contribution in [0.25, 0.3) is 0 Å². The van der Waals surface area contributed by atoms with Crippen LogP contribution >= 0.6 is 0 Å². The molecule has 0 unspecified atom stereocenters. The molecule has 0 spiro atoms. The average Bonchev–Trinajstić information content (AvgIpc) is 2.49. The Bertz CT molecular complexity index is 424. The molecule has 0 aliphatic rings. The van der Waals surface area contributed by atoms with Crippen molar-refractivity contribution in [3.05, 3.63) is 17.7 Å². The van der Waals surface area contributed by atoms with Crippen LogP contribution in [0.5, 0.6) is 17.2 Å². The molecule has 6 heteroatoms. The number of ether oxygens (including phenoxy) is 3. The van der Waals surface area contributed by atoms with Gasteiger partial charge in [-0.15, -0.1) is 0 Å². The third-order valence-corrected chi connectivity index (χ3v) is 3.02. The van der Waals surface area contributed by atoms with Crippen LogP contribution < -0.4 is 24.8 Å². The smallest absolute Gasteiger partial charge is 0.164 e. The highest BCUT2D eigenvalue weighted by Crippen LogP contribution is 2.34. The maximum Gasteiger partial charge on any atom is 0.164 e. The minimum Gasteiger partial charge on any atom is -0.496 e. The van der Waals surface area contributed by atoms with Crippen LogP contribution in [0.4, 0.5) is 0 Å². The molecule has 1 aromatic carbocycles. The minimum absolute atomic E-state index is 0.323. The summed E-state index contributed by atoms with van der Waals surface area (Å²) in [7, 11) is 4.85. The molecule has 1 atom stereocenters. The highest BCUT2D eigenvalue weighted by atomic mass is 16.5.